The average Bonchev–Trinajstić information content (AvgIpc) is 2.67. The summed E-state index contributed by atoms with van der Waals surface area (Å²) in [6.07, 6.45) is 3.13. The fourth-order valence-electron chi connectivity index (χ4n) is 2.86. The van der Waals surface area contributed by atoms with Gasteiger partial charge in [-0.05, 0) is 24.7 Å². The largest absolute Gasteiger partial charge is 0.338 e. The van der Waals surface area contributed by atoms with E-state index in [1.807, 2.05) is 42.3 Å². The van der Waals surface area contributed by atoms with Gasteiger partial charge in [-0.15, -0.1) is 0 Å². The fourth-order valence-corrected chi connectivity index (χ4v) is 2.86. The van der Waals surface area contributed by atoms with E-state index in [9.17, 15) is 9.59 Å². The van der Waals surface area contributed by atoms with Gasteiger partial charge in [0, 0.05) is 44.1 Å². The van der Waals surface area contributed by atoms with Gasteiger partial charge in [-0.25, -0.2) is 0 Å². The Morgan fingerprint density at radius 3 is 2.28 bits per heavy atom. The predicted molar refractivity (Wildman–Crippen MR) is 95.0 cm³/mol. The van der Waals surface area contributed by atoms with E-state index in [-0.39, 0.29) is 11.8 Å². The highest BCUT2D eigenvalue weighted by Gasteiger charge is 2.29. The minimum atomic E-state index is -0.690. The SMILES string of the molecule is CN1CCN(C(=O)[C@@H](NC(=O)c2ccncc2)c2ccccc2)CC1. The van der Waals surface area contributed by atoms with Crippen molar-refractivity contribution in [2.45, 2.75) is 6.04 Å². The Hall–Kier alpha value is -2.73. The minimum Gasteiger partial charge on any atom is -0.338 e. The summed E-state index contributed by atoms with van der Waals surface area (Å²) in [5.41, 5.74) is 1.27. The molecular formula is C19H22N4O2. The molecule has 2 aromatic rings. The van der Waals surface area contributed by atoms with Gasteiger partial charge >= 0.3 is 0 Å². The quantitative estimate of drug-likeness (QED) is 0.913. The van der Waals surface area contributed by atoms with Crippen LogP contribution >= 0.6 is 0 Å². The number of amides is 2. The van der Waals surface area contributed by atoms with Gasteiger partial charge in [-0.1, -0.05) is 30.3 Å². The molecule has 25 heavy (non-hydrogen) atoms. The van der Waals surface area contributed by atoms with Crippen molar-refractivity contribution in [3.05, 3.63) is 66.0 Å². The normalized spacial score (nSPS) is 16.3. The monoisotopic (exact) mass is 338 g/mol. The Balaban J connectivity index is 1.80. The van der Waals surface area contributed by atoms with Crippen molar-refractivity contribution < 1.29 is 9.59 Å². The van der Waals surface area contributed by atoms with Crippen LogP contribution in [-0.4, -0.2) is 59.8 Å². The maximum absolute atomic E-state index is 13.1. The molecule has 1 aromatic carbocycles. The van der Waals surface area contributed by atoms with E-state index in [1.165, 1.54) is 0 Å². The van der Waals surface area contributed by atoms with E-state index >= 15 is 0 Å². The first-order valence-corrected chi connectivity index (χ1v) is 8.38. The van der Waals surface area contributed by atoms with Crippen molar-refractivity contribution >= 4 is 11.8 Å². The highest BCUT2D eigenvalue weighted by atomic mass is 16.2. The second-order valence-electron chi connectivity index (χ2n) is 6.18. The van der Waals surface area contributed by atoms with Crippen molar-refractivity contribution in [2.24, 2.45) is 0 Å². The highest BCUT2D eigenvalue weighted by Crippen LogP contribution is 2.18. The van der Waals surface area contributed by atoms with E-state index in [2.05, 4.69) is 15.2 Å². The van der Waals surface area contributed by atoms with Crippen molar-refractivity contribution in [3.8, 4) is 0 Å². The van der Waals surface area contributed by atoms with Gasteiger partial charge in [0.2, 0.25) is 5.91 Å². The van der Waals surface area contributed by atoms with E-state index in [0.717, 1.165) is 18.7 Å². The van der Waals surface area contributed by atoms with Gasteiger partial charge in [-0.3, -0.25) is 14.6 Å². The van der Waals surface area contributed by atoms with Crippen LogP contribution in [0.2, 0.25) is 0 Å². The Kier molecular flexibility index (Phi) is 5.40. The lowest BCUT2D eigenvalue weighted by Crippen LogP contribution is -2.51. The standard InChI is InChI=1S/C19H22N4O2/c1-22-11-13-23(14-12-22)19(25)17(15-5-3-2-4-6-15)21-18(24)16-7-9-20-10-8-16/h2-10,17H,11-14H2,1H3,(H,21,24)/t17-/m0/s1. The molecule has 1 N–H and O–H groups in total. The van der Waals surface area contributed by atoms with Gasteiger partial charge in [0.25, 0.3) is 5.91 Å². The summed E-state index contributed by atoms with van der Waals surface area (Å²) in [5.74, 6) is -0.347. The molecule has 0 spiro atoms. The van der Waals surface area contributed by atoms with Gasteiger partial charge in [0.1, 0.15) is 6.04 Å². The average molecular weight is 338 g/mol. The van der Waals surface area contributed by atoms with Crippen LogP contribution in [-0.2, 0) is 4.79 Å². The molecule has 0 saturated carbocycles. The number of rotatable bonds is 4. The third kappa shape index (κ3) is 4.22. The molecule has 6 heteroatoms. The summed E-state index contributed by atoms with van der Waals surface area (Å²) < 4.78 is 0. The Bertz CT molecular complexity index is 713. The molecule has 1 aromatic heterocycles. The molecule has 1 saturated heterocycles. The van der Waals surface area contributed by atoms with Crippen LogP contribution in [0.15, 0.2) is 54.9 Å². The number of carbonyl (C=O) groups excluding carboxylic acids is 2. The molecule has 0 unspecified atom stereocenters. The third-order valence-corrected chi connectivity index (χ3v) is 4.41. The Morgan fingerprint density at radius 1 is 1.00 bits per heavy atom. The maximum atomic E-state index is 13.1. The Labute approximate surface area is 147 Å². The number of hydrogen-bond donors (Lipinski definition) is 1. The number of carbonyl (C=O) groups is 2. The Morgan fingerprint density at radius 2 is 1.64 bits per heavy atom. The van der Waals surface area contributed by atoms with Crippen LogP contribution < -0.4 is 5.32 Å². The van der Waals surface area contributed by atoms with E-state index in [0.29, 0.717) is 18.7 Å². The molecule has 1 atom stereocenters. The van der Waals surface area contributed by atoms with Crippen LogP contribution in [0.25, 0.3) is 0 Å². The molecule has 2 amide bonds. The molecule has 1 aliphatic heterocycles. The number of benzene rings is 1. The number of pyridine rings is 1. The summed E-state index contributed by atoms with van der Waals surface area (Å²) >= 11 is 0. The summed E-state index contributed by atoms with van der Waals surface area (Å²) in [5, 5.41) is 2.89. The van der Waals surface area contributed by atoms with Crippen molar-refractivity contribution in [1.82, 2.24) is 20.1 Å². The molecule has 0 aliphatic carbocycles. The van der Waals surface area contributed by atoms with Crippen LogP contribution in [0.1, 0.15) is 22.0 Å². The van der Waals surface area contributed by atoms with Crippen LogP contribution in [0.4, 0.5) is 0 Å². The molecule has 1 aliphatic rings. The molecular weight excluding hydrogens is 316 g/mol. The van der Waals surface area contributed by atoms with E-state index in [4.69, 9.17) is 0 Å². The number of aromatic nitrogens is 1. The molecule has 6 nitrogen and oxygen atoms in total. The summed E-state index contributed by atoms with van der Waals surface area (Å²) in [7, 11) is 2.04. The molecule has 3 rings (SSSR count). The van der Waals surface area contributed by atoms with E-state index in [1.54, 1.807) is 24.5 Å². The lowest BCUT2D eigenvalue weighted by molar-refractivity contribution is -0.135. The molecule has 0 bridgehead atoms. The van der Waals surface area contributed by atoms with Crippen LogP contribution in [0, 0.1) is 0 Å². The van der Waals surface area contributed by atoms with Gasteiger partial charge in [0.15, 0.2) is 0 Å². The van der Waals surface area contributed by atoms with E-state index < -0.39 is 6.04 Å². The summed E-state index contributed by atoms with van der Waals surface area (Å²) in [4.78, 5) is 33.5. The zero-order chi connectivity index (χ0) is 17.6. The third-order valence-electron chi connectivity index (χ3n) is 4.41. The number of nitrogens with one attached hydrogen (secondary N) is 1. The topological polar surface area (TPSA) is 65.5 Å². The first-order valence-electron chi connectivity index (χ1n) is 8.38. The van der Waals surface area contributed by atoms with Crippen molar-refractivity contribution in [3.63, 3.8) is 0 Å². The number of nitrogens with zero attached hydrogens (tertiary/aromatic N) is 3. The second-order valence-corrected chi connectivity index (χ2v) is 6.18. The molecule has 130 valence electrons. The maximum Gasteiger partial charge on any atom is 0.252 e. The second kappa shape index (κ2) is 7.90. The lowest BCUT2D eigenvalue weighted by atomic mass is 10.0. The van der Waals surface area contributed by atoms with Gasteiger partial charge < -0.3 is 15.1 Å². The van der Waals surface area contributed by atoms with Crippen molar-refractivity contribution in [1.29, 1.82) is 0 Å². The summed E-state index contributed by atoms with van der Waals surface area (Å²) in [6, 6.07) is 12.0. The number of likely N-dealkylation sites (N-methyl/N-ethyl adjacent to an activating group) is 1. The summed E-state index contributed by atoms with van der Waals surface area (Å²) in [6.45, 7) is 3.02. The minimum absolute atomic E-state index is 0.0679. The highest BCUT2D eigenvalue weighted by molar-refractivity contribution is 5.97. The van der Waals surface area contributed by atoms with Crippen LogP contribution in [0.3, 0.4) is 0 Å². The van der Waals surface area contributed by atoms with Gasteiger partial charge in [-0.2, -0.15) is 0 Å². The van der Waals surface area contributed by atoms with Crippen LogP contribution in [0.5, 0.6) is 0 Å². The van der Waals surface area contributed by atoms with Crippen molar-refractivity contribution in [2.75, 3.05) is 33.2 Å². The predicted octanol–water partition coefficient (Wildman–Crippen LogP) is 1.33. The van der Waals surface area contributed by atoms with Gasteiger partial charge in [0.05, 0.1) is 0 Å². The number of piperazine rings is 1. The first-order chi connectivity index (χ1) is 12.1. The molecule has 0 radical (unpaired) electrons. The molecule has 1 fully saturated rings. The molecule has 2 heterocycles. The zero-order valence-corrected chi connectivity index (χ0v) is 14.3. The first kappa shape index (κ1) is 17.1. The zero-order valence-electron chi connectivity index (χ0n) is 14.3. The lowest BCUT2D eigenvalue weighted by Gasteiger charge is -2.35. The fraction of sp³-hybridized carbons (Fsp3) is 0.316. The smallest absolute Gasteiger partial charge is 0.252 e. The number of hydrogen-bond acceptors (Lipinski definition) is 4.